The Hall–Kier alpha value is -2.78. The molecule has 1 unspecified atom stereocenters. The summed E-state index contributed by atoms with van der Waals surface area (Å²) in [5, 5.41) is 12.5. The van der Waals surface area contributed by atoms with E-state index in [2.05, 4.69) is 27.0 Å². The van der Waals surface area contributed by atoms with Gasteiger partial charge in [0.2, 0.25) is 0 Å². The Morgan fingerprint density at radius 2 is 2.14 bits per heavy atom. The van der Waals surface area contributed by atoms with Crippen LogP contribution in [0.5, 0.6) is 5.75 Å². The number of benzene rings is 1. The number of ether oxygens (including phenoxy) is 1. The Morgan fingerprint density at radius 1 is 1.36 bits per heavy atom. The second-order valence-corrected chi connectivity index (χ2v) is 7.44. The first-order valence-electron chi connectivity index (χ1n) is 9.85. The summed E-state index contributed by atoms with van der Waals surface area (Å²) in [5.41, 5.74) is 3.35. The van der Waals surface area contributed by atoms with Crippen LogP contribution in [0.3, 0.4) is 0 Å². The zero-order valence-electron chi connectivity index (χ0n) is 16.0. The summed E-state index contributed by atoms with van der Waals surface area (Å²) in [6, 6.07) is 8.15. The average molecular weight is 379 g/mol. The van der Waals surface area contributed by atoms with E-state index in [0.717, 1.165) is 43.7 Å². The van der Waals surface area contributed by atoms with Crippen LogP contribution in [0.2, 0.25) is 0 Å². The largest absolute Gasteiger partial charge is 0.494 e. The highest BCUT2D eigenvalue weighted by Crippen LogP contribution is 2.34. The molecular weight excluding hydrogens is 354 g/mol. The fraction of sp³-hybridized carbons (Fsp3) is 0.455. The Balaban J connectivity index is 1.33. The summed E-state index contributed by atoms with van der Waals surface area (Å²) in [7, 11) is 0. The van der Waals surface area contributed by atoms with Crippen molar-refractivity contribution in [3.05, 3.63) is 41.1 Å². The molecule has 1 atom stereocenters. The molecule has 1 fully saturated rings. The van der Waals surface area contributed by atoms with Crippen molar-refractivity contribution in [2.75, 3.05) is 19.7 Å². The summed E-state index contributed by atoms with van der Waals surface area (Å²) >= 11 is 0. The maximum absolute atomic E-state index is 11.0. The van der Waals surface area contributed by atoms with E-state index in [1.165, 1.54) is 11.3 Å². The predicted octanol–water partition coefficient (Wildman–Crippen LogP) is 2.26. The summed E-state index contributed by atoms with van der Waals surface area (Å²) in [6.07, 6.45) is 4.16. The van der Waals surface area contributed by atoms with Crippen LogP contribution >= 0.6 is 0 Å². The van der Waals surface area contributed by atoms with Crippen molar-refractivity contribution in [3.63, 3.8) is 0 Å². The lowest BCUT2D eigenvalue weighted by Gasteiger charge is -2.44. The molecule has 6 heteroatoms. The smallest absolute Gasteiger partial charge is 0.306 e. The second kappa shape index (κ2) is 8.07. The number of carboxylic acids is 1. The first-order valence-corrected chi connectivity index (χ1v) is 9.85. The maximum Gasteiger partial charge on any atom is 0.306 e. The summed E-state index contributed by atoms with van der Waals surface area (Å²) in [6.45, 7) is 4.41. The SMILES string of the molecule is CCOc1ccc(C#CC2N=CC3=C(CCN(C4CC(C(=O)O)C4)C3)N2)cc1. The van der Waals surface area contributed by atoms with Crippen molar-refractivity contribution in [2.24, 2.45) is 10.9 Å². The van der Waals surface area contributed by atoms with Crippen LogP contribution in [-0.4, -0.2) is 54.1 Å². The van der Waals surface area contributed by atoms with Crippen molar-refractivity contribution in [1.82, 2.24) is 10.2 Å². The lowest BCUT2D eigenvalue weighted by Crippen LogP contribution is -2.51. The molecule has 2 N–H and O–H groups in total. The van der Waals surface area contributed by atoms with Crippen molar-refractivity contribution in [3.8, 4) is 17.6 Å². The second-order valence-electron chi connectivity index (χ2n) is 7.44. The lowest BCUT2D eigenvalue weighted by atomic mass is 9.78. The van der Waals surface area contributed by atoms with Gasteiger partial charge in [-0.1, -0.05) is 5.92 Å². The standard InChI is InChI=1S/C22H25N3O3/c1-2-28-19-6-3-15(4-7-19)5-8-21-23-13-17-14-25(10-9-20(17)24-21)18-11-16(12-18)22(26)27/h3-4,6-7,13,16,18,21,24H,2,9-12,14H2,1H3,(H,26,27). The quantitative estimate of drug-likeness (QED) is 0.785. The molecule has 0 spiro atoms. The van der Waals surface area contributed by atoms with Crippen LogP contribution in [0.15, 0.2) is 40.5 Å². The van der Waals surface area contributed by atoms with E-state index in [1.54, 1.807) is 0 Å². The van der Waals surface area contributed by atoms with Gasteiger partial charge in [0.15, 0.2) is 6.17 Å². The number of nitrogens with zero attached hydrogens (tertiary/aromatic N) is 2. The van der Waals surface area contributed by atoms with E-state index in [1.807, 2.05) is 37.4 Å². The van der Waals surface area contributed by atoms with E-state index >= 15 is 0 Å². The van der Waals surface area contributed by atoms with Gasteiger partial charge in [0, 0.05) is 48.6 Å². The summed E-state index contributed by atoms with van der Waals surface area (Å²) in [4.78, 5) is 17.9. The molecule has 1 aromatic rings. The van der Waals surface area contributed by atoms with Gasteiger partial charge in [0.25, 0.3) is 0 Å². The zero-order valence-corrected chi connectivity index (χ0v) is 16.0. The van der Waals surface area contributed by atoms with Crippen LogP contribution in [0, 0.1) is 17.8 Å². The molecule has 1 saturated carbocycles. The van der Waals surface area contributed by atoms with Gasteiger partial charge in [-0.25, -0.2) is 0 Å². The van der Waals surface area contributed by atoms with E-state index in [0.29, 0.717) is 12.6 Å². The van der Waals surface area contributed by atoms with Gasteiger partial charge in [-0.3, -0.25) is 14.7 Å². The molecule has 28 heavy (non-hydrogen) atoms. The van der Waals surface area contributed by atoms with Gasteiger partial charge in [0.05, 0.1) is 12.5 Å². The molecule has 0 amide bonds. The minimum Gasteiger partial charge on any atom is -0.494 e. The van der Waals surface area contributed by atoms with E-state index in [-0.39, 0.29) is 12.1 Å². The monoisotopic (exact) mass is 379 g/mol. The number of hydrogen-bond donors (Lipinski definition) is 2. The van der Waals surface area contributed by atoms with E-state index < -0.39 is 5.97 Å². The number of aliphatic imine (C=N–C) groups is 1. The Bertz CT molecular complexity index is 857. The van der Waals surface area contributed by atoms with E-state index in [4.69, 9.17) is 9.84 Å². The molecule has 1 aliphatic carbocycles. The van der Waals surface area contributed by atoms with Crippen molar-refractivity contribution in [1.29, 1.82) is 0 Å². The van der Waals surface area contributed by atoms with Crippen molar-refractivity contribution in [2.45, 2.75) is 38.4 Å². The number of carbonyl (C=O) groups is 1. The van der Waals surface area contributed by atoms with Crippen molar-refractivity contribution < 1.29 is 14.6 Å². The first kappa shape index (κ1) is 18.6. The highest BCUT2D eigenvalue weighted by Gasteiger charge is 2.39. The van der Waals surface area contributed by atoms with E-state index in [9.17, 15) is 4.79 Å². The maximum atomic E-state index is 11.0. The van der Waals surface area contributed by atoms with Crippen molar-refractivity contribution >= 4 is 12.2 Å². The lowest BCUT2D eigenvalue weighted by molar-refractivity contribution is -0.147. The third kappa shape index (κ3) is 4.05. The number of carboxylic acid groups (broad SMARTS) is 1. The van der Waals surface area contributed by atoms with Gasteiger partial charge in [-0.15, -0.1) is 0 Å². The normalized spacial score (nSPS) is 26.4. The molecule has 6 nitrogen and oxygen atoms in total. The number of aliphatic carboxylic acids is 1. The highest BCUT2D eigenvalue weighted by molar-refractivity contribution is 5.82. The molecule has 4 rings (SSSR count). The van der Waals surface area contributed by atoms with Crippen LogP contribution in [0.4, 0.5) is 0 Å². The Morgan fingerprint density at radius 3 is 2.86 bits per heavy atom. The molecule has 146 valence electrons. The molecule has 0 bridgehead atoms. The van der Waals surface area contributed by atoms with Gasteiger partial charge < -0.3 is 15.2 Å². The topological polar surface area (TPSA) is 74.2 Å². The fourth-order valence-electron chi connectivity index (χ4n) is 3.89. The van der Waals surface area contributed by atoms with Crippen LogP contribution in [0.25, 0.3) is 0 Å². The number of nitrogens with one attached hydrogen (secondary N) is 1. The van der Waals surface area contributed by atoms with Gasteiger partial charge in [-0.05, 0) is 50.0 Å². The number of rotatable bonds is 4. The van der Waals surface area contributed by atoms with Gasteiger partial charge in [0.1, 0.15) is 5.75 Å². The molecule has 2 aliphatic heterocycles. The third-order valence-electron chi connectivity index (χ3n) is 5.60. The predicted molar refractivity (Wildman–Crippen MR) is 107 cm³/mol. The average Bonchev–Trinajstić information content (AvgIpc) is 2.66. The zero-order chi connectivity index (χ0) is 19.5. The molecule has 0 aromatic heterocycles. The Labute approximate surface area is 165 Å². The first-order chi connectivity index (χ1) is 13.6. The molecule has 0 saturated heterocycles. The van der Waals surface area contributed by atoms with Crippen LogP contribution < -0.4 is 10.1 Å². The van der Waals surface area contributed by atoms with Crippen LogP contribution in [-0.2, 0) is 4.79 Å². The van der Waals surface area contributed by atoms with Gasteiger partial charge in [-0.2, -0.15) is 0 Å². The molecular formula is C22H25N3O3. The molecule has 0 radical (unpaired) electrons. The number of hydrogen-bond acceptors (Lipinski definition) is 5. The molecule has 1 aromatic carbocycles. The minimum atomic E-state index is -0.664. The highest BCUT2D eigenvalue weighted by atomic mass is 16.5. The van der Waals surface area contributed by atoms with Crippen LogP contribution in [0.1, 0.15) is 31.7 Å². The fourth-order valence-corrected chi connectivity index (χ4v) is 3.89. The molecule has 2 heterocycles. The minimum absolute atomic E-state index is 0.166. The Kier molecular flexibility index (Phi) is 5.36. The summed E-state index contributed by atoms with van der Waals surface area (Å²) in [5.74, 6) is 6.38. The van der Waals surface area contributed by atoms with Gasteiger partial charge >= 0.3 is 5.97 Å². The summed E-state index contributed by atoms with van der Waals surface area (Å²) < 4.78 is 5.45. The molecule has 3 aliphatic rings. The third-order valence-corrected chi connectivity index (χ3v) is 5.60.